The van der Waals surface area contributed by atoms with Crippen molar-refractivity contribution in [3.8, 4) is 5.75 Å². The minimum atomic E-state index is -0.117. The number of carbonyl (C=O) groups excluding carboxylic acids is 2. The van der Waals surface area contributed by atoms with Gasteiger partial charge in [0, 0.05) is 39.1 Å². The molecule has 2 aromatic rings. The lowest BCUT2D eigenvalue weighted by molar-refractivity contribution is -0.131. The Morgan fingerprint density at radius 2 is 1.88 bits per heavy atom. The van der Waals surface area contributed by atoms with E-state index in [-0.39, 0.29) is 11.8 Å². The number of methoxy groups -OCH3 is 1. The van der Waals surface area contributed by atoms with Crippen LogP contribution in [0.4, 0.5) is 5.69 Å². The first-order chi connectivity index (χ1) is 12.7. The Hall–Kier alpha value is -2.54. The lowest BCUT2D eigenvalue weighted by Crippen LogP contribution is -2.49. The van der Waals surface area contributed by atoms with Crippen molar-refractivity contribution in [2.45, 2.75) is 6.42 Å². The fourth-order valence-electron chi connectivity index (χ4n) is 3.02. The number of thiophene rings is 1. The highest BCUT2D eigenvalue weighted by Gasteiger charge is 2.22. The molecule has 1 N–H and O–H groups in total. The van der Waals surface area contributed by atoms with Crippen LogP contribution in [-0.4, -0.2) is 56.5 Å². The number of rotatable bonds is 6. The van der Waals surface area contributed by atoms with Crippen molar-refractivity contribution in [1.82, 2.24) is 10.2 Å². The quantitative estimate of drug-likeness (QED) is 0.843. The van der Waals surface area contributed by atoms with Crippen LogP contribution in [0, 0.1) is 0 Å². The average Bonchev–Trinajstić information content (AvgIpc) is 3.23. The number of carbonyl (C=O) groups is 2. The zero-order valence-electron chi connectivity index (χ0n) is 14.8. The van der Waals surface area contributed by atoms with Crippen molar-refractivity contribution in [1.29, 1.82) is 0 Å². The van der Waals surface area contributed by atoms with Crippen LogP contribution < -0.4 is 15.0 Å². The summed E-state index contributed by atoms with van der Waals surface area (Å²) in [6.07, 6.45) is 0.325. The van der Waals surface area contributed by atoms with Gasteiger partial charge in [-0.1, -0.05) is 18.2 Å². The van der Waals surface area contributed by atoms with Gasteiger partial charge >= 0.3 is 0 Å². The second-order valence-corrected chi connectivity index (χ2v) is 6.97. The summed E-state index contributed by atoms with van der Waals surface area (Å²) in [5, 5.41) is 4.66. The molecule has 1 aromatic heterocycles. The summed E-state index contributed by atoms with van der Waals surface area (Å²) in [6, 6.07) is 11.5. The highest BCUT2D eigenvalue weighted by atomic mass is 32.1. The number of piperazine rings is 1. The first-order valence-electron chi connectivity index (χ1n) is 8.66. The smallest absolute Gasteiger partial charge is 0.261 e. The van der Waals surface area contributed by atoms with Crippen molar-refractivity contribution in [3.63, 3.8) is 0 Å². The van der Waals surface area contributed by atoms with Crippen LogP contribution in [0.3, 0.4) is 0 Å². The number of hydrogen-bond donors (Lipinski definition) is 1. The van der Waals surface area contributed by atoms with E-state index in [0.717, 1.165) is 24.5 Å². The Kier molecular flexibility index (Phi) is 6.12. The number of nitrogens with one attached hydrogen (secondary N) is 1. The third-order valence-electron chi connectivity index (χ3n) is 4.43. The number of ether oxygens (including phenoxy) is 1. The van der Waals surface area contributed by atoms with Crippen LogP contribution in [0.1, 0.15) is 16.1 Å². The third-order valence-corrected chi connectivity index (χ3v) is 5.30. The fraction of sp³-hybridized carbons (Fsp3) is 0.368. The van der Waals surface area contributed by atoms with Crippen molar-refractivity contribution in [3.05, 3.63) is 46.7 Å². The Balaban J connectivity index is 1.44. The van der Waals surface area contributed by atoms with E-state index in [9.17, 15) is 9.59 Å². The van der Waals surface area contributed by atoms with Crippen molar-refractivity contribution < 1.29 is 14.3 Å². The molecule has 1 aromatic carbocycles. The predicted molar refractivity (Wildman–Crippen MR) is 103 cm³/mol. The maximum atomic E-state index is 12.4. The van der Waals surface area contributed by atoms with Crippen LogP contribution in [0.2, 0.25) is 0 Å². The molecule has 2 amide bonds. The summed E-state index contributed by atoms with van der Waals surface area (Å²) in [4.78, 5) is 29.0. The molecule has 0 atom stereocenters. The maximum absolute atomic E-state index is 12.4. The molecule has 0 bridgehead atoms. The molecule has 0 aliphatic carbocycles. The van der Waals surface area contributed by atoms with Crippen LogP contribution >= 0.6 is 11.3 Å². The lowest BCUT2D eigenvalue weighted by atomic mass is 10.2. The largest absolute Gasteiger partial charge is 0.495 e. The van der Waals surface area contributed by atoms with E-state index < -0.39 is 0 Å². The van der Waals surface area contributed by atoms with Crippen LogP contribution in [0.25, 0.3) is 0 Å². The van der Waals surface area contributed by atoms with Gasteiger partial charge in [-0.2, -0.15) is 0 Å². The Morgan fingerprint density at radius 1 is 1.12 bits per heavy atom. The summed E-state index contributed by atoms with van der Waals surface area (Å²) in [5.74, 6) is 0.813. The first kappa shape index (κ1) is 18.3. The predicted octanol–water partition coefficient (Wildman–Crippen LogP) is 2.23. The molecule has 0 spiro atoms. The number of amides is 2. The Labute approximate surface area is 157 Å². The number of anilines is 1. The van der Waals surface area contributed by atoms with E-state index in [0.29, 0.717) is 30.9 Å². The van der Waals surface area contributed by atoms with E-state index in [1.54, 1.807) is 13.2 Å². The first-order valence-corrected chi connectivity index (χ1v) is 9.54. The van der Waals surface area contributed by atoms with Crippen LogP contribution in [0.15, 0.2) is 41.8 Å². The average molecular weight is 373 g/mol. The second kappa shape index (κ2) is 8.71. The van der Waals surface area contributed by atoms with Gasteiger partial charge in [0.25, 0.3) is 5.91 Å². The SMILES string of the molecule is COc1ccccc1N1CCN(C(=O)CCNC(=O)c2cccs2)CC1. The third kappa shape index (κ3) is 4.35. The van der Waals surface area contributed by atoms with Gasteiger partial charge in [0.15, 0.2) is 0 Å². The van der Waals surface area contributed by atoms with Gasteiger partial charge in [0.05, 0.1) is 17.7 Å². The molecule has 2 heterocycles. The molecule has 7 heteroatoms. The molecular weight excluding hydrogens is 350 g/mol. The number of benzene rings is 1. The highest BCUT2D eigenvalue weighted by molar-refractivity contribution is 7.12. The molecule has 1 aliphatic heterocycles. The second-order valence-electron chi connectivity index (χ2n) is 6.02. The molecule has 0 radical (unpaired) electrons. The number of para-hydroxylation sites is 2. The standard InChI is InChI=1S/C19H23N3O3S/c1-25-16-6-3-2-5-15(16)21-10-12-22(13-11-21)18(23)8-9-20-19(24)17-7-4-14-26-17/h2-7,14H,8-13H2,1H3,(H,20,24). The molecule has 1 aliphatic rings. The summed E-state index contributed by atoms with van der Waals surface area (Å²) in [5.41, 5.74) is 1.06. The van der Waals surface area contributed by atoms with Crippen LogP contribution in [0.5, 0.6) is 5.75 Å². The molecule has 6 nitrogen and oxygen atoms in total. The van der Waals surface area contributed by atoms with Crippen molar-refractivity contribution >= 4 is 28.8 Å². The highest BCUT2D eigenvalue weighted by Crippen LogP contribution is 2.28. The zero-order valence-corrected chi connectivity index (χ0v) is 15.6. The van der Waals surface area contributed by atoms with Crippen LogP contribution in [-0.2, 0) is 4.79 Å². The van der Waals surface area contributed by atoms with Gasteiger partial charge in [0.2, 0.25) is 5.91 Å². The minimum Gasteiger partial charge on any atom is -0.495 e. The van der Waals surface area contributed by atoms with Gasteiger partial charge in [-0.15, -0.1) is 11.3 Å². The van der Waals surface area contributed by atoms with Gasteiger partial charge in [-0.05, 0) is 23.6 Å². The van der Waals surface area contributed by atoms with E-state index in [2.05, 4.69) is 10.2 Å². The summed E-state index contributed by atoms with van der Waals surface area (Å²) >= 11 is 1.40. The minimum absolute atomic E-state index is 0.0798. The molecule has 138 valence electrons. The fourth-order valence-corrected chi connectivity index (χ4v) is 3.66. The van der Waals surface area contributed by atoms with Crippen molar-refractivity contribution in [2.24, 2.45) is 0 Å². The molecule has 0 unspecified atom stereocenters. The monoisotopic (exact) mass is 373 g/mol. The van der Waals surface area contributed by atoms with E-state index >= 15 is 0 Å². The molecule has 1 saturated heterocycles. The molecular formula is C19H23N3O3S. The zero-order chi connectivity index (χ0) is 18.4. The topological polar surface area (TPSA) is 61.9 Å². The summed E-state index contributed by atoms with van der Waals surface area (Å²) in [7, 11) is 1.67. The summed E-state index contributed by atoms with van der Waals surface area (Å²) in [6.45, 7) is 3.26. The number of nitrogens with zero attached hydrogens (tertiary/aromatic N) is 2. The van der Waals surface area contributed by atoms with Gasteiger partial charge in [-0.25, -0.2) is 0 Å². The molecule has 26 heavy (non-hydrogen) atoms. The molecule has 0 saturated carbocycles. The van der Waals surface area contributed by atoms with Crippen molar-refractivity contribution in [2.75, 3.05) is 44.7 Å². The maximum Gasteiger partial charge on any atom is 0.261 e. The normalized spacial score (nSPS) is 14.2. The van der Waals surface area contributed by atoms with Gasteiger partial charge in [-0.3, -0.25) is 9.59 Å². The number of hydrogen-bond acceptors (Lipinski definition) is 5. The molecule has 3 rings (SSSR count). The lowest BCUT2D eigenvalue weighted by Gasteiger charge is -2.36. The Morgan fingerprint density at radius 3 is 2.58 bits per heavy atom. The molecule has 1 fully saturated rings. The Bertz CT molecular complexity index is 740. The van der Waals surface area contributed by atoms with E-state index in [1.165, 1.54) is 11.3 Å². The van der Waals surface area contributed by atoms with Gasteiger partial charge in [0.1, 0.15) is 5.75 Å². The van der Waals surface area contributed by atoms with E-state index in [1.807, 2.05) is 40.6 Å². The summed E-state index contributed by atoms with van der Waals surface area (Å²) < 4.78 is 5.42. The van der Waals surface area contributed by atoms with Gasteiger partial charge < -0.3 is 19.9 Å². The van der Waals surface area contributed by atoms with E-state index in [4.69, 9.17) is 4.74 Å².